The predicted molar refractivity (Wildman–Crippen MR) is 67.6 cm³/mol. The minimum absolute atomic E-state index is 0.0144. The lowest BCUT2D eigenvalue weighted by atomic mass is 10.0. The van der Waals surface area contributed by atoms with E-state index in [9.17, 15) is 21.6 Å². The van der Waals surface area contributed by atoms with Crippen LogP contribution in [0.1, 0.15) is 23.6 Å². The van der Waals surface area contributed by atoms with E-state index in [1.54, 1.807) is 7.05 Å². The van der Waals surface area contributed by atoms with Gasteiger partial charge in [0.15, 0.2) is 0 Å². The summed E-state index contributed by atoms with van der Waals surface area (Å²) in [7, 11) is -1.45. The van der Waals surface area contributed by atoms with Crippen LogP contribution < -0.4 is 5.32 Å². The zero-order chi connectivity index (χ0) is 14.7. The molecule has 1 aromatic rings. The topological polar surface area (TPSA) is 46.2 Å². The fraction of sp³-hybridized carbons (Fsp3) is 0.500. The Kier molecular flexibility index (Phi) is 4.98. The Morgan fingerprint density at radius 1 is 1.21 bits per heavy atom. The van der Waals surface area contributed by atoms with Crippen LogP contribution in [0.15, 0.2) is 24.3 Å². The van der Waals surface area contributed by atoms with Crippen molar-refractivity contribution in [3.8, 4) is 0 Å². The van der Waals surface area contributed by atoms with Gasteiger partial charge in [-0.25, -0.2) is 8.42 Å². The summed E-state index contributed by atoms with van der Waals surface area (Å²) in [4.78, 5) is 0. The summed E-state index contributed by atoms with van der Waals surface area (Å²) in [5, 5.41) is 2.90. The van der Waals surface area contributed by atoms with Gasteiger partial charge in [0.25, 0.3) is 0 Å². The van der Waals surface area contributed by atoms with E-state index in [1.165, 1.54) is 12.1 Å². The number of nitrogens with one attached hydrogen (secondary N) is 1. The molecule has 108 valence electrons. The molecule has 1 atom stereocenters. The highest BCUT2D eigenvalue weighted by Gasteiger charge is 2.30. The Morgan fingerprint density at radius 3 is 2.11 bits per heavy atom. The molecule has 0 saturated heterocycles. The van der Waals surface area contributed by atoms with Crippen molar-refractivity contribution < 1.29 is 21.6 Å². The van der Waals surface area contributed by atoms with Gasteiger partial charge in [-0.1, -0.05) is 12.1 Å². The molecular formula is C12H16F3NO2S. The molecule has 3 nitrogen and oxygen atoms in total. The van der Waals surface area contributed by atoms with Crippen molar-refractivity contribution in [1.82, 2.24) is 5.32 Å². The van der Waals surface area contributed by atoms with Crippen molar-refractivity contribution in [2.45, 2.75) is 18.6 Å². The average molecular weight is 295 g/mol. The number of hydrogen-bond donors (Lipinski definition) is 1. The molecule has 0 spiro atoms. The number of alkyl halides is 3. The summed E-state index contributed by atoms with van der Waals surface area (Å²) in [5.74, 6) is -0.0144. The molecular weight excluding hydrogens is 279 g/mol. The molecule has 0 aliphatic heterocycles. The molecule has 1 N–H and O–H groups in total. The highest BCUT2D eigenvalue weighted by atomic mass is 32.2. The lowest BCUT2D eigenvalue weighted by Gasteiger charge is -2.17. The van der Waals surface area contributed by atoms with Crippen molar-refractivity contribution >= 4 is 9.84 Å². The highest BCUT2D eigenvalue weighted by Crippen LogP contribution is 2.30. The van der Waals surface area contributed by atoms with Crippen LogP contribution in [0.4, 0.5) is 13.2 Å². The second kappa shape index (κ2) is 5.92. The van der Waals surface area contributed by atoms with Gasteiger partial charge in [-0.05, 0) is 31.2 Å². The predicted octanol–water partition coefficient (Wildman–Crippen LogP) is 2.40. The minimum Gasteiger partial charge on any atom is -0.313 e. The summed E-state index contributed by atoms with van der Waals surface area (Å²) in [6.07, 6.45) is -2.91. The van der Waals surface area contributed by atoms with Gasteiger partial charge in [0.05, 0.1) is 11.3 Å². The van der Waals surface area contributed by atoms with Crippen molar-refractivity contribution in [1.29, 1.82) is 0 Å². The van der Waals surface area contributed by atoms with Gasteiger partial charge in [0.1, 0.15) is 9.84 Å². The number of rotatable bonds is 5. The van der Waals surface area contributed by atoms with Gasteiger partial charge in [-0.2, -0.15) is 13.2 Å². The molecule has 7 heteroatoms. The minimum atomic E-state index is -4.36. The average Bonchev–Trinajstić information content (AvgIpc) is 2.28. The van der Waals surface area contributed by atoms with E-state index in [0.717, 1.165) is 18.4 Å². The monoisotopic (exact) mass is 295 g/mol. The first kappa shape index (κ1) is 16.0. The summed E-state index contributed by atoms with van der Waals surface area (Å²) in [6.45, 7) is 0. The van der Waals surface area contributed by atoms with Gasteiger partial charge in [-0.3, -0.25) is 0 Å². The van der Waals surface area contributed by atoms with E-state index in [4.69, 9.17) is 0 Å². The van der Waals surface area contributed by atoms with E-state index < -0.39 is 21.6 Å². The van der Waals surface area contributed by atoms with Crippen molar-refractivity contribution in [3.63, 3.8) is 0 Å². The first-order valence-electron chi connectivity index (χ1n) is 5.65. The summed E-state index contributed by atoms with van der Waals surface area (Å²) >= 11 is 0. The van der Waals surface area contributed by atoms with Crippen LogP contribution in [-0.4, -0.2) is 27.5 Å². The molecule has 0 radical (unpaired) electrons. The molecule has 0 aliphatic carbocycles. The van der Waals surface area contributed by atoms with Crippen LogP contribution in [0.25, 0.3) is 0 Å². The first-order chi connectivity index (χ1) is 8.63. The summed E-state index contributed by atoms with van der Waals surface area (Å²) in [5.41, 5.74) is -0.0756. The molecule has 0 fully saturated rings. The second-order valence-corrected chi connectivity index (χ2v) is 6.64. The van der Waals surface area contributed by atoms with E-state index in [2.05, 4.69) is 5.32 Å². The largest absolute Gasteiger partial charge is 0.416 e. The third-order valence-corrected chi connectivity index (χ3v) is 3.74. The van der Waals surface area contributed by atoms with E-state index in [1.807, 2.05) is 0 Å². The molecule has 0 aliphatic rings. The number of hydrogen-bond acceptors (Lipinski definition) is 3. The molecule has 19 heavy (non-hydrogen) atoms. The van der Waals surface area contributed by atoms with Gasteiger partial charge >= 0.3 is 6.18 Å². The van der Waals surface area contributed by atoms with Crippen LogP contribution in [0, 0.1) is 0 Å². The van der Waals surface area contributed by atoms with Crippen molar-refractivity contribution in [3.05, 3.63) is 35.4 Å². The number of benzene rings is 1. The molecule has 0 heterocycles. The molecule has 0 amide bonds. The Bertz CT molecular complexity index is 509. The van der Waals surface area contributed by atoms with E-state index in [-0.39, 0.29) is 11.8 Å². The van der Waals surface area contributed by atoms with Gasteiger partial charge < -0.3 is 5.32 Å². The van der Waals surface area contributed by atoms with E-state index >= 15 is 0 Å². The van der Waals surface area contributed by atoms with Crippen molar-refractivity contribution in [2.24, 2.45) is 0 Å². The fourth-order valence-corrected chi connectivity index (χ4v) is 2.38. The Labute approximate surface area is 110 Å². The van der Waals surface area contributed by atoms with Crippen LogP contribution in [0.3, 0.4) is 0 Å². The Balaban J connectivity index is 2.83. The lowest BCUT2D eigenvalue weighted by molar-refractivity contribution is -0.137. The summed E-state index contributed by atoms with van der Waals surface area (Å²) < 4.78 is 59.4. The molecule has 1 rings (SSSR count). The Morgan fingerprint density at radius 2 is 1.74 bits per heavy atom. The smallest absolute Gasteiger partial charge is 0.313 e. The Hall–Kier alpha value is -1.08. The third kappa shape index (κ3) is 5.20. The molecule has 1 unspecified atom stereocenters. The standard InChI is InChI=1S/C12H16F3NO2S/c1-16-11(7-8-19(2,17)18)9-3-5-10(6-4-9)12(13,14)15/h3-6,11,16H,7-8H2,1-2H3. The summed E-state index contributed by atoms with van der Waals surface area (Å²) in [6, 6.07) is 4.45. The zero-order valence-corrected chi connectivity index (χ0v) is 11.5. The highest BCUT2D eigenvalue weighted by molar-refractivity contribution is 7.90. The number of halogens is 3. The maximum Gasteiger partial charge on any atom is 0.416 e. The molecule has 1 aromatic carbocycles. The quantitative estimate of drug-likeness (QED) is 0.907. The lowest BCUT2D eigenvalue weighted by Crippen LogP contribution is -2.20. The van der Waals surface area contributed by atoms with Crippen LogP contribution in [0.5, 0.6) is 0 Å². The maximum atomic E-state index is 12.4. The van der Waals surface area contributed by atoms with Gasteiger partial charge in [-0.15, -0.1) is 0 Å². The van der Waals surface area contributed by atoms with Crippen molar-refractivity contribution in [2.75, 3.05) is 19.1 Å². The maximum absolute atomic E-state index is 12.4. The van der Waals surface area contributed by atoms with Gasteiger partial charge in [0, 0.05) is 12.3 Å². The van der Waals surface area contributed by atoms with Crippen LogP contribution in [-0.2, 0) is 16.0 Å². The molecule has 0 bridgehead atoms. The third-order valence-electron chi connectivity index (χ3n) is 2.77. The fourth-order valence-electron chi connectivity index (χ4n) is 1.71. The first-order valence-corrected chi connectivity index (χ1v) is 7.71. The second-order valence-electron chi connectivity index (χ2n) is 4.38. The van der Waals surface area contributed by atoms with Crippen LogP contribution in [0.2, 0.25) is 0 Å². The normalized spacial score (nSPS) is 14.4. The molecule has 0 aromatic heterocycles. The zero-order valence-electron chi connectivity index (χ0n) is 10.7. The van der Waals surface area contributed by atoms with E-state index in [0.29, 0.717) is 12.0 Å². The molecule has 0 saturated carbocycles. The van der Waals surface area contributed by atoms with Crippen LogP contribution >= 0.6 is 0 Å². The SMILES string of the molecule is CNC(CCS(C)(=O)=O)c1ccc(C(F)(F)F)cc1. The van der Waals surface area contributed by atoms with Gasteiger partial charge in [0.2, 0.25) is 0 Å². The number of sulfone groups is 1.